The molecule has 0 aliphatic heterocycles. The first-order chi connectivity index (χ1) is 6.79. The third-order valence-electron chi connectivity index (χ3n) is 2.20. The van der Waals surface area contributed by atoms with E-state index >= 15 is 0 Å². The Morgan fingerprint density at radius 1 is 1.50 bits per heavy atom. The molecule has 3 heteroatoms. The van der Waals surface area contributed by atoms with E-state index in [1.54, 1.807) is 17.8 Å². The fraction of sp³-hybridized carbons (Fsp3) is 0.455. The van der Waals surface area contributed by atoms with E-state index in [0.717, 1.165) is 17.0 Å². The lowest BCUT2D eigenvalue weighted by atomic mass is 10.2. The number of hydrogen-bond donors (Lipinski definition) is 1. The molecule has 0 spiro atoms. The molecule has 1 saturated carbocycles. The summed E-state index contributed by atoms with van der Waals surface area (Å²) in [5, 5.41) is 3.68. The quantitative estimate of drug-likeness (QED) is 0.822. The minimum absolute atomic E-state index is 0.0744. The highest BCUT2D eigenvalue weighted by molar-refractivity contribution is 8.00. The van der Waals surface area contributed by atoms with E-state index in [0.29, 0.717) is 5.25 Å². The summed E-state index contributed by atoms with van der Waals surface area (Å²) >= 11 is 1.67. The van der Waals surface area contributed by atoms with Gasteiger partial charge in [0.1, 0.15) is 5.82 Å². The summed E-state index contributed by atoms with van der Waals surface area (Å²) in [6.45, 7) is 0.727. The molecule has 0 amide bonds. The van der Waals surface area contributed by atoms with E-state index < -0.39 is 0 Å². The van der Waals surface area contributed by atoms with Crippen molar-refractivity contribution in [2.75, 3.05) is 7.05 Å². The highest BCUT2D eigenvalue weighted by atomic mass is 32.2. The standard InChI is InChI=1S/C11H14FNS/c1-13-7-8-2-5-11(10(12)6-8)14-9-3-4-9/h2,5-6,9,13H,3-4,7H2,1H3. The highest BCUT2D eigenvalue weighted by Crippen LogP contribution is 2.40. The van der Waals surface area contributed by atoms with Crippen molar-refractivity contribution in [3.8, 4) is 0 Å². The van der Waals surface area contributed by atoms with Gasteiger partial charge in [-0.15, -0.1) is 11.8 Å². The van der Waals surface area contributed by atoms with Crippen molar-refractivity contribution < 1.29 is 4.39 Å². The summed E-state index contributed by atoms with van der Waals surface area (Å²) in [6.07, 6.45) is 2.48. The monoisotopic (exact) mass is 211 g/mol. The first-order valence-electron chi connectivity index (χ1n) is 4.89. The molecular weight excluding hydrogens is 197 g/mol. The predicted octanol–water partition coefficient (Wildman–Crippen LogP) is 2.80. The van der Waals surface area contributed by atoms with Crippen LogP contribution in [0.3, 0.4) is 0 Å². The van der Waals surface area contributed by atoms with Gasteiger partial charge in [0.05, 0.1) is 0 Å². The molecule has 1 fully saturated rings. The normalized spacial score (nSPS) is 15.9. The molecule has 0 atom stereocenters. The summed E-state index contributed by atoms with van der Waals surface area (Å²) in [7, 11) is 1.87. The van der Waals surface area contributed by atoms with Crippen LogP contribution in [-0.2, 0) is 6.54 Å². The molecule has 0 bridgehead atoms. The Hall–Kier alpha value is -0.540. The van der Waals surface area contributed by atoms with E-state index in [1.165, 1.54) is 12.8 Å². The fourth-order valence-electron chi connectivity index (χ4n) is 1.32. The molecule has 0 saturated heterocycles. The Kier molecular flexibility index (Phi) is 3.08. The zero-order valence-corrected chi connectivity index (χ0v) is 9.03. The molecule has 14 heavy (non-hydrogen) atoms. The van der Waals surface area contributed by atoms with E-state index in [1.807, 2.05) is 19.2 Å². The van der Waals surface area contributed by atoms with Crippen molar-refractivity contribution in [2.24, 2.45) is 0 Å². The minimum Gasteiger partial charge on any atom is -0.316 e. The average molecular weight is 211 g/mol. The zero-order chi connectivity index (χ0) is 9.97. The minimum atomic E-state index is -0.0744. The summed E-state index contributed by atoms with van der Waals surface area (Å²) in [5.41, 5.74) is 1.00. The zero-order valence-electron chi connectivity index (χ0n) is 8.22. The maximum atomic E-state index is 13.5. The first kappa shape index (κ1) is 9.99. The Bertz CT molecular complexity index is 323. The average Bonchev–Trinajstić information content (AvgIpc) is 2.94. The second kappa shape index (κ2) is 4.32. The smallest absolute Gasteiger partial charge is 0.137 e. The lowest BCUT2D eigenvalue weighted by molar-refractivity contribution is 0.598. The maximum absolute atomic E-state index is 13.5. The second-order valence-corrected chi connectivity index (χ2v) is 4.95. The van der Waals surface area contributed by atoms with Crippen LogP contribution < -0.4 is 5.32 Å². The van der Waals surface area contributed by atoms with Crippen LogP contribution in [0, 0.1) is 5.82 Å². The third-order valence-corrected chi connectivity index (χ3v) is 3.58. The fourth-order valence-corrected chi connectivity index (χ4v) is 2.37. The van der Waals surface area contributed by atoms with Crippen molar-refractivity contribution in [2.45, 2.75) is 29.5 Å². The van der Waals surface area contributed by atoms with E-state index in [9.17, 15) is 4.39 Å². The number of thioether (sulfide) groups is 1. The maximum Gasteiger partial charge on any atom is 0.137 e. The van der Waals surface area contributed by atoms with Gasteiger partial charge in [-0.05, 0) is 37.6 Å². The van der Waals surface area contributed by atoms with Crippen LogP contribution in [-0.4, -0.2) is 12.3 Å². The molecule has 0 aromatic heterocycles. The number of nitrogens with one attached hydrogen (secondary N) is 1. The molecule has 1 nitrogen and oxygen atoms in total. The van der Waals surface area contributed by atoms with Gasteiger partial charge in [-0.3, -0.25) is 0 Å². The van der Waals surface area contributed by atoms with Gasteiger partial charge in [0.15, 0.2) is 0 Å². The van der Waals surface area contributed by atoms with Gasteiger partial charge in [0, 0.05) is 16.7 Å². The van der Waals surface area contributed by atoms with E-state index in [-0.39, 0.29) is 5.82 Å². The predicted molar refractivity (Wildman–Crippen MR) is 58.0 cm³/mol. The van der Waals surface area contributed by atoms with Gasteiger partial charge in [0.2, 0.25) is 0 Å². The van der Waals surface area contributed by atoms with E-state index in [2.05, 4.69) is 5.32 Å². The molecule has 0 unspecified atom stereocenters. The van der Waals surface area contributed by atoms with Crippen LogP contribution >= 0.6 is 11.8 Å². The number of benzene rings is 1. The summed E-state index contributed by atoms with van der Waals surface area (Å²) in [4.78, 5) is 0.798. The summed E-state index contributed by atoms with van der Waals surface area (Å²) in [5.74, 6) is -0.0744. The molecule has 1 aromatic rings. The van der Waals surface area contributed by atoms with Crippen LogP contribution in [0.2, 0.25) is 0 Å². The van der Waals surface area contributed by atoms with Crippen LogP contribution in [0.15, 0.2) is 23.1 Å². The van der Waals surface area contributed by atoms with Crippen molar-refractivity contribution in [3.63, 3.8) is 0 Å². The van der Waals surface area contributed by atoms with Crippen LogP contribution in [0.4, 0.5) is 4.39 Å². The van der Waals surface area contributed by atoms with Crippen LogP contribution in [0.5, 0.6) is 0 Å². The summed E-state index contributed by atoms with van der Waals surface area (Å²) < 4.78 is 13.5. The first-order valence-corrected chi connectivity index (χ1v) is 5.77. The third kappa shape index (κ3) is 2.49. The van der Waals surface area contributed by atoms with Gasteiger partial charge >= 0.3 is 0 Å². The van der Waals surface area contributed by atoms with Crippen molar-refractivity contribution in [1.29, 1.82) is 0 Å². The molecule has 1 aliphatic carbocycles. The molecule has 1 aliphatic rings. The summed E-state index contributed by atoms with van der Waals surface area (Å²) in [6, 6.07) is 5.51. The number of rotatable bonds is 4. The lowest BCUT2D eigenvalue weighted by Crippen LogP contribution is -2.05. The molecule has 0 radical (unpaired) electrons. The SMILES string of the molecule is CNCc1ccc(SC2CC2)c(F)c1. The van der Waals surface area contributed by atoms with Crippen LogP contribution in [0.1, 0.15) is 18.4 Å². The Morgan fingerprint density at radius 2 is 2.29 bits per heavy atom. The Morgan fingerprint density at radius 3 is 2.86 bits per heavy atom. The molecule has 76 valence electrons. The largest absolute Gasteiger partial charge is 0.316 e. The molecule has 1 aromatic carbocycles. The molecule has 1 N–H and O–H groups in total. The van der Waals surface area contributed by atoms with Crippen molar-refractivity contribution in [3.05, 3.63) is 29.6 Å². The van der Waals surface area contributed by atoms with Crippen molar-refractivity contribution in [1.82, 2.24) is 5.32 Å². The topological polar surface area (TPSA) is 12.0 Å². The number of hydrogen-bond acceptors (Lipinski definition) is 2. The van der Waals surface area contributed by atoms with Crippen molar-refractivity contribution >= 4 is 11.8 Å². The Balaban J connectivity index is 2.09. The Labute approximate surface area is 88.1 Å². The molecule has 0 heterocycles. The van der Waals surface area contributed by atoms with Gasteiger partial charge in [0.25, 0.3) is 0 Å². The highest BCUT2D eigenvalue weighted by Gasteiger charge is 2.23. The lowest BCUT2D eigenvalue weighted by Gasteiger charge is -2.04. The van der Waals surface area contributed by atoms with Gasteiger partial charge in [-0.25, -0.2) is 4.39 Å². The van der Waals surface area contributed by atoms with Gasteiger partial charge < -0.3 is 5.32 Å². The second-order valence-electron chi connectivity index (χ2n) is 3.61. The van der Waals surface area contributed by atoms with Gasteiger partial charge in [-0.1, -0.05) is 6.07 Å². The molecule has 2 rings (SSSR count). The van der Waals surface area contributed by atoms with Crippen LogP contribution in [0.25, 0.3) is 0 Å². The molecular formula is C11H14FNS. The van der Waals surface area contributed by atoms with E-state index in [4.69, 9.17) is 0 Å². The van der Waals surface area contributed by atoms with Gasteiger partial charge in [-0.2, -0.15) is 0 Å². The number of halogens is 1.